The molecule has 1 aromatic heterocycles. The van der Waals surface area contributed by atoms with Gasteiger partial charge in [0, 0.05) is 10.3 Å². The van der Waals surface area contributed by atoms with Gasteiger partial charge >= 0.3 is 0 Å². The minimum absolute atomic E-state index is 0.0325. The molecule has 1 aromatic carbocycles. The molecule has 0 aliphatic rings. The number of hydrogen-bond donors (Lipinski definition) is 0. The van der Waals surface area contributed by atoms with Crippen molar-refractivity contribution >= 4 is 46.0 Å². The Morgan fingerprint density at radius 2 is 1.80 bits per heavy atom. The van der Waals surface area contributed by atoms with Gasteiger partial charge in [-0.1, -0.05) is 50.6 Å². The predicted octanol–water partition coefficient (Wildman–Crippen LogP) is 5.32. The average Bonchev–Trinajstić information content (AvgIpc) is 2.40. The maximum atomic E-state index is 6.24. The molecular formula is C15H16ClIN2S. The summed E-state index contributed by atoms with van der Waals surface area (Å²) in [7, 11) is 0. The molecule has 0 spiro atoms. The lowest BCUT2D eigenvalue weighted by Crippen LogP contribution is -2.18. The van der Waals surface area contributed by atoms with Crippen molar-refractivity contribution in [1.82, 2.24) is 9.97 Å². The third-order valence-corrected chi connectivity index (χ3v) is 5.30. The zero-order chi connectivity index (χ0) is 14.8. The first-order valence-electron chi connectivity index (χ1n) is 6.28. The second-order valence-electron chi connectivity index (χ2n) is 5.44. The molecule has 0 atom stereocenters. The molecule has 0 fully saturated rings. The molecule has 0 unspecified atom stereocenters. The van der Waals surface area contributed by atoms with E-state index in [1.54, 1.807) is 11.8 Å². The lowest BCUT2D eigenvalue weighted by molar-refractivity contribution is 0.559. The zero-order valence-electron chi connectivity index (χ0n) is 11.7. The number of aromatic nitrogens is 2. The molecular weight excluding hydrogens is 403 g/mol. The first kappa shape index (κ1) is 16.0. The maximum Gasteiger partial charge on any atom is 0.146 e. The van der Waals surface area contributed by atoms with Crippen molar-refractivity contribution in [2.24, 2.45) is 0 Å². The minimum atomic E-state index is -0.0325. The largest absolute Gasteiger partial charge is 0.235 e. The lowest BCUT2D eigenvalue weighted by atomic mass is 9.92. The fraction of sp³-hybridized carbons (Fsp3) is 0.333. The van der Waals surface area contributed by atoms with E-state index in [1.807, 2.05) is 18.2 Å². The number of thioether (sulfide) groups is 1. The van der Waals surface area contributed by atoms with Gasteiger partial charge in [-0.15, -0.1) is 11.8 Å². The molecule has 106 valence electrons. The second kappa shape index (κ2) is 6.62. The summed E-state index contributed by atoms with van der Waals surface area (Å²) in [6.45, 7) is 6.42. The Labute approximate surface area is 142 Å². The monoisotopic (exact) mass is 418 g/mol. The summed E-state index contributed by atoms with van der Waals surface area (Å²) in [5, 5.41) is 0.550. The molecule has 0 aliphatic carbocycles. The molecule has 0 saturated carbocycles. The van der Waals surface area contributed by atoms with Gasteiger partial charge in [-0.05, 0) is 34.7 Å². The highest BCUT2D eigenvalue weighted by atomic mass is 127. The molecule has 2 rings (SSSR count). The van der Waals surface area contributed by atoms with Crippen molar-refractivity contribution in [2.45, 2.75) is 36.8 Å². The summed E-state index contributed by atoms with van der Waals surface area (Å²) in [5.74, 6) is 1.51. The minimum Gasteiger partial charge on any atom is -0.235 e. The van der Waals surface area contributed by atoms with E-state index in [-0.39, 0.29) is 5.41 Å². The van der Waals surface area contributed by atoms with Gasteiger partial charge in [0.1, 0.15) is 11.0 Å². The molecule has 1 heterocycles. The van der Waals surface area contributed by atoms with Gasteiger partial charge in [-0.25, -0.2) is 9.97 Å². The third kappa shape index (κ3) is 4.09. The van der Waals surface area contributed by atoms with Gasteiger partial charge in [-0.3, -0.25) is 0 Å². The normalized spacial score (nSPS) is 11.7. The first-order valence-corrected chi connectivity index (χ1v) is 8.72. The van der Waals surface area contributed by atoms with E-state index in [9.17, 15) is 0 Å². The van der Waals surface area contributed by atoms with E-state index >= 15 is 0 Å². The van der Waals surface area contributed by atoms with Gasteiger partial charge < -0.3 is 0 Å². The Balaban J connectivity index is 2.23. The van der Waals surface area contributed by atoms with Crippen LogP contribution in [0, 0.1) is 3.57 Å². The van der Waals surface area contributed by atoms with Crippen LogP contribution < -0.4 is 0 Å². The van der Waals surface area contributed by atoms with Crippen molar-refractivity contribution in [1.29, 1.82) is 0 Å². The highest BCUT2D eigenvalue weighted by Gasteiger charge is 2.22. The predicted molar refractivity (Wildman–Crippen MR) is 94.5 cm³/mol. The molecule has 0 amide bonds. The van der Waals surface area contributed by atoms with Crippen molar-refractivity contribution in [3.63, 3.8) is 0 Å². The maximum absolute atomic E-state index is 6.24. The van der Waals surface area contributed by atoms with Crippen LogP contribution in [0.2, 0.25) is 5.15 Å². The van der Waals surface area contributed by atoms with Crippen LogP contribution in [-0.4, -0.2) is 9.97 Å². The van der Waals surface area contributed by atoms with Crippen molar-refractivity contribution in [3.05, 3.63) is 50.6 Å². The van der Waals surface area contributed by atoms with Crippen LogP contribution >= 0.6 is 46.0 Å². The molecule has 2 aromatic rings. The van der Waals surface area contributed by atoms with Crippen molar-refractivity contribution < 1.29 is 0 Å². The smallest absolute Gasteiger partial charge is 0.146 e. The highest BCUT2D eigenvalue weighted by molar-refractivity contribution is 14.1. The van der Waals surface area contributed by atoms with Crippen molar-refractivity contribution in [3.8, 4) is 0 Å². The van der Waals surface area contributed by atoms with E-state index in [4.69, 9.17) is 16.6 Å². The molecule has 0 bridgehead atoms. The van der Waals surface area contributed by atoms with E-state index in [0.717, 1.165) is 20.8 Å². The van der Waals surface area contributed by atoms with Crippen LogP contribution in [0.25, 0.3) is 0 Å². The van der Waals surface area contributed by atoms with Gasteiger partial charge in [0.15, 0.2) is 0 Å². The molecule has 0 saturated heterocycles. The Kier molecular flexibility index (Phi) is 5.31. The number of hydrogen-bond acceptors (Lipinski definition) is 3. The molecule has 2 nitrogen and oxygen atoms in total. The van der Waals surface area contributed by atoms with E-state index in [1.165, 1.54) is 4.90 Å². The Morgan fingerprint density at radius 1 is 1.15 bits per heavy atom. The average molecular weight is 419 g/mol. The van der Waals surface area contributed by atoms with Crippen LogP contribution in [0.4, 0.5) is 0 Å². The number of rotatable bonds is 3. The molecule has 20 heavy (non-hydrogen) atoms. The fourth-order valence-corrected chi connectivity index (χ4v) is 3.70. The number of benzene rings is 1. The molecule has 5 heteroatoms. The Hall–Kier alpha value is -0.330. The van der Waals surface area contributed by atoms with E-state index < -0.39 is 0 Å². The summed E-state index contributed by atoms with van der Waals surface area (Å²) < 4.78 is 0.949. The zero-order valence-corrected chi connectivity index (χ0v) is 15.4. The van der Waals surface area contributed by atoms with Crippen LogP contribution in [-0.2, 0) is 11.2 Å². The van der Waals surface area contributed by atoms with Gasteiger partial charge in [0.05, 0.1) is 15.0 Å². The summed E-state index contributed by atoms with van der Waals surface area (Å²) >= 11 is 10.2. The topological polar surface area (TPSA) is 25.8 Å². The van der Waals surface area contributed by atoms with Gasteiger partial charge in [0.25, 0.3) is 0 Å². The number of nitrogens with zero attached hydrogens (tertiary/aromatic N) is 2. The van der Waals surface area contributed by atoms with Crippen LogP contribution in [0.3, 0.4) is 0 Å². The fourth-order valence-electron chi connectivity index (χ4n) is 1.69. The van der Waals surface area contributed by atoms with Crippen LogP contribution in [0.5, 0.6) is 0 Å². The van der Waals surface area contributed by atoms with Crippen LogP contribution in [0.15, 0.2) is 35.2 Å². The standard InChI is InChI=1S/C15H16ClIN2S/c1-15(2,3)13-12(17)14(16)19-11(18-13)9-20-10-7-5-4-6-8-10/h4-8H,9H2,1-3H3. The van der Waals surface area contributed by atoms with Gasteiger partial charge in [0.2, 0.25) is 0 Å². The lowest BCUT2D eigenvalue weighted by Gasteiger charge is -2.20. The third-order valence-electron chi connectivity index (χ3n) is 2.68. The van der Waals surface area contributed by atoms with E-state index in [2.05, 4.69) is 60.5 Å². The summed E-state index contributed by atoms with van der Waals surface area (Å²) in [5.41, 5.74) is 0.983. The molecule has 0 radical (unpaired) electrons. The second-order valence-corrected chi connectivity index (χ2v) is 7.93. The number of halogens is 2. The van der Waals surface area contributed by atoms with Crippen molar-refractivity contribution in [2.75, 3.05) is 0 Å². The first-order chi connectivity index (χ1) is 9.38. The Bertz CT molecular complexity index is 597. The summed E-state index contributed by atoms with van der Waals surface area (Å²) in [6.07, 6.45) is 0. The SMILES string of the molecule is CC(C)(C)c1nc(CSc2ccccc2)nc(Cl)c1I. The summed E-state index contributed by atoms with van der Waals surface area (Å²) in [6, 6.07) is 10.3. The molecule has 0 aliphatic heterocycles. The Morgan fingerprint density at radius 3 is 2.40 bits per heavy atom. The summed E-state index contributed by atoms with van der Waals surface area (Å²) in [4.78, 5) is 10.3. The van der Waals surface area contributed by atoms with E-state index in [0.29, 0.717) is 5.15 Å². The quantitative estimate of drug-likeness (QED) is 0.383. The highest BCUT2D eigenvalue weighted by Crippen LogP contribution is 2.30. The molecule has 0 N–H and O–H groups in total. The van der Waals surface area contributed by atoms with Crippen LogP contribution in [0.1, 0.15) is 32.3 Å². The van der Waals surface area contributed by atoms with Gasteiger partial charge in [-0.2, -0.15) is 0 Å².